The van der Waals surface area contributed by atoms with Crippen molar-refractivity contribution in [2.75, 3.05) is 20.3 Å². The van der Waals surface area contributed by atoms with Gasteiger partial charge in [0.25, 0.3) is 5.91 Å². The molecule has 0 spiro atoms. The predicted octanol–water partition coefficient (Wildman–Crippen LogP) is 1.14. The van der Waals surface area contributed by atoms with Gasteiger partial charge in [-0.1, -0.05) is 11.6 Å². The van der Waals surface area contributed by atoms with Gasteiger partial charge in [0.2, 0.25) is 0 Å². The van der Waals surface area contributed by atoms with Crippen LogP contribution in [0, 0.1) is 0 Å². The van der Waals surface area contributed by atoms with E-state index in [0.717, 1.165) is 0 Å². The van der Waals surface area contributed by atoms with Crippen LogP contribution in [-0.2, 0) is 4.74 Å². The number of hydrogen-bond acceptors (Lipinski definition) is 4. The molecular weight excluding hydrogens is 256 g/mol. The molecule has 0 aliphatic heterocycles. The first-order valence-electron chi connectivity index (χ1n) is 5.57. The second-order valence-electron chi connectivity index (χ2n) is 3.85. The summed E-state index contributed by atoms with van der Waals surface area (Å²) in [6.45, 7) is 0.821. The molecule has 0 bridgehead atoms. The van der Waals surface area contributed by atoms with E-state index in [1.54, 1.807) is 7.11 Å². The third-order valence-corrected chi connectivity index (χ3v) is 2.81. The summed E-state index contributed by atoms with van der Waals surface area (Å²) in [7, 11) is 1.58. The molecule has 0 saturated heterocycles. The van der Waals surface area contributed by atoms with Gasteiger partial charge >= 0.3 is 0 Å². The molecule has 0 heterocycles. The maximum atomic E-state index is 11.9. The zero-order valence-electron chi connectivity index (χ0n) is 10.1. The minimum atomic E-state index is -0.359. The van der Waals surface area contributed by atoms with Crippen LogP contribution in [0.5, 0.6) is 5.75 Å². The first-order chi connectivity index (χ1) is 8.58. The highest BCUT2D eigenvalue weighted by Gasteiger charge is 2.15. The summed E-state index contributed by atoms with van der Waals surface area (Å²) < 4.78 is 4.93. The number of nitrogens with one attached hydrogen (secondary N) is 1. The third-order valence-electron chi connectivity index (χ3n) is 2.48. The van der Waals surface area contributed by atoms with Crippen molar-refractivity contribution >= 4 is 17.5 Å². The molecule has 18 heavy (non-hydrogen) atoms. The molecule has 5 nitrogen and oxygen atoms in total. The number of phenolic OH excluding ortho intramolecular Hbond substituents is 1. The number of halogens is 1. The summed E-state index contributed by atoms with van der Waals surface area (Å²) >= 11 is 5.89. The van der Waals surface area contributed by atoms with Gasteiger partial charge in [-0.3, -0.25) is 4.79 Å². The van der Waals surface area contributed by atoms with E-state index in [-0.39, 0.29) is 28.3 Å². The van der Waals surface area contributed by atoms with Crippen LogP contribution >= 0.6 is 11.6 Å². The number of methoxy groups -OCH3 is 1. The molecule has 0 radical (unpaired) electrons. The van der Waals surface area contributed by atoms with Crippen LogP contribution in [0.4, 0.5) is 0 Å². The van der Waals surface area contributed by atoms with E-state index < -0.39 is 0 Å². The molecule has 1 atom stereocenters. The van der Waals surface area contributed by atoms with Gasteiger partial charge in [-0.2, -0.15) is 0 Å². The highest BCUT2D eigenvalue weighted by Crippen LogP contribution is 2.21. The maximum Gasteiger partial charge on any atom is 0.253 e. The lowest BCUT2D eigenvalue weighted by Crippen LogP contribution is -2.41. The summed E-state index contributed by atoms with van der Waals surface area (Å²) in [5.74, 6) is -0.367. The molecule has 1 amide bonds. The number of ether oxygens (including phenoxy) is 1. The van der Waals surface area contributed by atoms with Gasteiger partial charge in [0.1, 0.15) is 5.75 Å². The van der Waals surface area contributed by atoms with E-state index in [2.05, 4.69) is 5.32 Å². The molecule has 6 heteroatoms. The van der Waals surface area contributed by atoms with Crippen molar-refractivity contribution in [3.05, 3.63) is 28.8 Å². The van der Waals surface area contributed by atoms with Gasteiger partial charge in [0, 0.05) is 26.3 Å². The summed E-state index contributed by atoms with van der Waals surface area (Å²) in [5, 5.41) is 12.4. The third kappa shape index (κ3) is 4.18. The molecule has 0 aromatic heterocycles. The van der Waals surface area contributed by atoms with Gasteiger partial charge < -0.3 is 20.9 Å². The standard InChI is InChI=1S/C12H17ClN2O3/c1-18-5-4-8(7-14)15-12(17)10-6-9(16)2-3-11(10)13/h2-3,6,8,16H,4-5,7,14H2,1H3,(H,15,17). The lowest BCUT2D eigenvalue weighted by atomic mass is 10.1. The molecule has 0 saturated carbocycles. The Hall–Kier alpha value is -1.30. The fourth-order valence-electron chi connectivity index (χ4n) is 1.46. The van der Waals surface area contributed by atoms with Crippen LogP contribution in [0.1, 0.15) is 16.8 Å². The van der Waals surface area contributed by atoms with Crippen LogP contribution in [0.3, 0.4) is 0 Å². The first kappa shape index (κ1) is 14.8. The minimum Gasteiger partial charge on any atom is -0.508 e. The van der Waals surface area contributed by atoms with E-state index >= 15 is 0 Å². The summed E-state index contributed by atoms with van der Waals surface area (Å²) in [4.78, 5) is 11.9. The molecule has 4 N–H and O–H groups in total. The molecule has 0 aliphatic carbocycles. The van der Waals surface area contributed by atoms with E-state index in [1.807, 2.05) is 0 Å². The van der Waals surface area contributed by atoms with E-state index in [0.29, 0.717) is 19.6 Å². The molecule has 1 aromatic rings. The lowest BCUT2D eigenvalue weighted by molar-refractivity contribution is 0.0926. The molecule has 1 aromatic carbocycles. The number of nitrogens with two attached hydrogens (primary N) is 1. The zero-order chi connectivity index (χ0) is 13.5. The smallest absolute Gasteiger partial charge is 0.253 e. The van der Waals surface area contributed by atoms with Crippen LogP contribution in [0.25, 0.3) is 0 Å². The van der Waals surface area contributed by atoms with Crippen LogP contribution < -0.4 is 11.1 Å². The van der Waals surface area contributed by atoms with Gasteiger partial charge in [0.15, 0.2) is 0 Å². The number of carbonyl (C=O) groups excluding carboxylic acids is 1. The van der Waals surface area contributed by atoms with Crippen molar-refractivity contribution in [2.24, 2.45) is 5.73 Å². The Labute approximate surface area is 111 Å². The Morgan fingerprint density at radius 3 is 2.94 bits per heavy atom. The number of benzene rings is 1. The van der Waals surface area contributed by atoms with E-state index in [9.17, 15) is 9.90 Å². The number of aromatic hydroxyl groups is 1. The van der Waals surface area contributed by atoms with Crippen molar-refractivity contribution < 1.29 is 14.6 Å². The Bertz CT molecular complexity index is 412. The SMILES string of the molecule is COCCC(CN)NC(=O)c1cc(O)ccc1Cl. The Kier molecular flexibility index (Phi) is 5.91. The Morgan fingerprint density at radius 2 is 2.33 bits per heavy atom. The van der Waals surface area contributed by atoms with Gasteiger partial charge in [-0.15, -0.1) is 0 Å². The average Bonchev–Trinajstić information content (AvgIpc) is 2.37. The lowest BCUT2D eigenvalue weighted by Gasteiger charge is -2.16. The van der Waals surface area contributed by atoms with Crippen molar-refractivity contribution in [3.63, 3.8) is 0 Å². The Balaban J connectivity index is 2.71. The Morgan fingerprint density at radius 1 is 1.61 bits per heavy atom. The minimum absolute atomic E-state index is 0.00857. The highest BCUT2D eigenvalue weighted by molar-refractivity contribution is 6.33. The van der Waals surface area contributed by atoms with E-state index in [1.165, 1.54) is 18.2 Å². The second-order valence-corrected chi connectivity index (χ2v) is 4.26. The second kappa shape index (κ2) is 7.20. The largest absolute Gasteiger partial charge is 0.508 e. The van der Waals surface area contributed by atoms with Crippen LogP contribution in [0.15, 0.2) is 18.2 Å². The van der Waals surface area contributed by atoms with Crippen LogP contribution in [-0.4, -0.2) is 37.3 Å². The normalized spacial score (nSPS) is 12.2. The number of phenols is 1. The van der Waals surface area contributed by atoms with Gasteiger partial charge in [-0.25, -0.2) is 0 Å². The highest BCUT2D eigenvalue weighted by atomic mass is 35.5. The predicted molar refractivity (Wildman–Crippen MR) is 69.9 cm³/mol. The first-order valence-corrected chi connectivity index (χ1v) is 5.94. The molecule has 0 fully saturated rings. The van der Waals surface area contributed by atoms with Crippen LogP contribution in [0.2, 0.25) is 5.02 Å². The number of rotatable bonds is 6. The van der Waals surface area contributed by atoms with Crippen molar-refractivity contribution in [1.82, 2.24) is 5.32 Å². The summed E-state index contributed by atoms with van der Waals surface area (Å²) in [5.41, 5.74) is 5.78. The number of carbonyl (C=O) groups is 1. The molecular formula is C12H17ClN2O3. The topological polar surface area (TPSA) is 84.6 Å². The molecule has 1 rings (SSSR count). The quantitative estimate of drug-likeness (QED) is 0.725. The van der Waals surface area contributed by atoms with Gasteiger partial charge in [-0.05, 0) is 24.6 Å². The van der Waals surface area contributed by atoms with Crippen molar-refractivity contribution in [2.45, 2.75) is 12.5 Å². The zero-order valence-corrected chi connectivity index (χ0v) is 10.9. The molecule has 1 unspecified atom stereocenters. The monoisotopic (exact) mass is 272 g/mol. The van der Waals surface area contributed by atoms with Gasteiger partial charge in [0.05, 0.1) is 10.6 Å². The fourth-order valence-corrected chi connectivity index (χ4v) is 1.66. The van der Waals surface area contributed by atoms with Crippen molar-refractivity contribution in [3.8, 4) is 5.75 Å². The molecule has 0 aliphatic rings. The number of hydrogen-bond donors (Lipinski definition) is 3. The fraction of sp³-hybridized carbons (Fsp3) is 0.417. The van der Waals surface area contributed by atoms with Crippen molar-refractivity contribution in [1.29, 1.82) is 0 Å². The summed E-state index contributed by atoms with van der Waals surface area (Å²) in [6, 6.07) is 4.03. The molecule has 100 valence electrons. The summed E-state index contributed by atoms with van der Waals surface area (Å²) in [6.07, 6.45) is 0.620. The van der Waals surface area contributed by atoms with E-state index in [4.69, 9.17) is 22.1 Å². The maximum absolute atomic E-state index is 11.9. The average molecular weight is 273 g/mol. The number of amides is 1.